The zero-order valence-electron chi connectivity index (χ0n) is 10.9. The number of carbonyl (C=O) groups excluding carboxylic acids is 1. The molecule has 0 saturated heterocycles. The molecule has 18 heavy (non-hydrogen) atoms. The van der Waals surface area contributed by atoms with Crippen LogP contribution in [0.1, 0.15) is 39.0 Å². The summed E-state index contributed by atoms with van der Waals surface area (Å²) in [6.07, 6.45) is 8.16. The molecule has 1 unspecified atom stereocenters. The number of nitrogens with zero attached hydrogens (tertiary/aromatic N) is 2. The first-order valence-electron chi connectivity index (χ1n) is 5.97. The van der Waals surface area contributed by atoms with Crippen LogP contribution in [0.15, 0.2) is 12.2 Å². The Hall–Kier alpha value is -0.990. The second-order valence-electron chi connectivity index (χ2n) is 3.87. The van der Waals surface area contributed by atoms with Crippen molar-refractivity contribution in [1.29, 1.82) is 0 Å². The third kappa shape index (κ3) is 6.67. The van der Waals surface area contributed by atoms with Crippen LogP contribution in [0.2, 0.25) is 0 Å². The topological polar surface area (TPSA) is 102 Å². The highest BCUT2D eigenvalue weighted by molar-refractivity contribution is 5.75. The highest BCUT2D eigenvalue weighted by Gasteiger charge is 2.24. The second kappa shape index (κ2) is 9.98. The van der Waals surface area contributed by atoms with Crippen molar-refractivity contribution in [3.8, 4) is 0 Å². The third-order valence-corrected chi connectivity index (χ3v) is 2.49. The molecule has 0 aliphatic heterocycles. The quantitative estimate of drug-likeness (QED) is 0.212. The van der Waals surface area contributed by atoms with E-state index in [1.54, 1.807) is 6.08 Å². The van der Waals surface area contributed by atoms with Crippen LogP contribution < -0.4 is 5.84 Å². The van der Waals surface area contributed by atoms with Gasteiger partial charge in [-0.3, -0.25) is 10.6 Å². The largest absolute Gasteiger partial charge is 0.747 e. The van der Waals surface area contributed by atoms with Crippen LogP contribution in [0.3, 0.4) is 0 Å². The second-order valence-corrected chi connectivity index (χ2v) is 3.87. The van der Waals surface area contributed by atoms with Crippen molar-refractivity contribution in [3.05, 3.63) is 17.4 Å². The monoisotopic (exact) mass is 260 g/mol. The molecule has 0 spiro atoms. The standard InChI is InChI=1S/C11H22N3O4/c1-3-4-5-6-7-8-9-10(11(15)18-2)13(12)14(16)17/h7-8,10,16H,3-6,9,12H2,1-2H3/q-1/b8-7+. The van der Waals surface area contributed by atoms with Gasteiger partial charge in [0, 0.05) is 0 Å². The minimum Gasteiger partial charge on any atom is -0.747 e. The van der Waals surface area contributed by atoms with Crippen LogP contribution in [0.4, 0.5) is 0 Å². The predicted molar refractivity (Wildman–Crippen MR) is 66.7 cm³/mol. The summed E-state index contributed by atoms with van der Waals surface area (Å²) in [6, 6.07) is -1.03. The highest BCUT2D eigenvalue weighted by atomic mass is 16.8. The SMILES string of the molecule is CCCCC/C=C/CC(C(=O)OC)N(N)N([O-])O. The Bertz CT molecular complexity index is 259. The summed E-state index contributed by atoms with van der Waals surface area (Å²) in [6.45, 7) is 2.12. The predicted octanol–water partition coefficient (Wildman–Crippen LogP) is 1.33. The first-order valence-corrected chi connectivity index (χ1v) is 5.97. The van der Waals surface area contributed by atoms with Gasteiger partial charge >= 0.3 is 5.97 Å². The van der Waals surface area contributed by atoms with Crippen LogP contribution in [0.25, 0.3) is 0 Å². The van der Waals surface area contributed by atoms with Gasteiger partial charge in [0.1, 0.15) is 6.04 Å². The van der Waals surface area contributed by atoms with E-state index in [4.69, 9.17) is 11.0 Å². The van der Waals surface area contributed by atoms with Crippen molar-refractivity contribution >= 4 is 5.97 Å². The van der Waals surface area contributed by atoms with E-state index in [1.165, 1.54) is 7.11 Å². The maximum absolute atomic E-state index is 11.4. The number of hydrazine groups is 2. The minimum absolute atomic E-state index is 0.203. The van der Waals surface area contributed by atoms with Gasteiger partial charge in [0.25, 0.3) is 0 Å². The molecule has 0 aliphatic carbocycles. The van der Waals surface area contributed by atoms with Crippen molar-refractivity contribution < 1.29 is 14.7 Å². The lowest BCUT2D eigenvalue weighted by atomic mass is 10.1. The van der Waals surface area contributed by atoms with E-state index in [1.807, 2.05) is 6.08 Å². The molecule has 0 fully saturated rings. The van der Waals surface area contributed by atoms with Gasteiger partial charge < -0.3 is 15.2 Å². The van der Waals surface area contributed by atoms with E-state index in [9.17, 15) is 10.0 Å². The number of carbonyl (C=O) groups is 1. The molecule has 0 aromatic heterocycles. The molecule has 0 aromatic rings. The number of unbranched alkanes of at least 4 members (excludes halogenated alkanes) is 3. The van der Waals surface area contributed by atoms with Crippen LogP contribution in [-0.4, -0.2) is 34.8 Å². The van der Waals surface area contributed by atoms with Gasteiger partial charge in [-0.15, -0.1) is 0 Å². The molecule has 7 nitrogen and oxygen atoms in total. The molecular weight excluding hydrogens is 238 g/mol. The third-order valence-electron chi connectivity index (χ3n) is 2.49. The molecule has 0 aliphatic rings. The summed E-state index contributed by atoms with van der Waals surface area (Å²) >= 11 is 0. The van der Waals surface area contributed by atoms with Crippen LogP contribution in [0, 0.1) is 5.21 Å². The zero-order chi connectivity index (χ0) is 14.0. The Morgan fingerprint density at radius 2 is 2.17 bits per heavy atom. The Balaban J connectivity index is 4.21. The lowest BCUT2D eigenvalue weighted by molar-refractivity contribution is -0.230. The van der Waals surface area contributed by atoms with E-state index >= 15 is 0 Å². The van der Waals surface area contributed by atoms with E-state index < -0.39 is 17.3 Å². The molecule has 0 radical (unpaired) electrons. The van der Waals surface area contributed by atoms with Crippen LogP contribution >= 0.6 is 0 Å². The fourth-order valence-electron chi connectivity index (χ4n) is 1.42. The number of nitrogens with two attached hydrogens (primary N) is 1. The smallest absolute Gasteiger partial charge is 0.326 e. The van der Waals surface area contributed by atoms with Gasteiger partial charge in [-0.2, -0.15) is 10.5 Å². The first-order chi connectivity index (χ1) is 8.54. The Labute approximate surface area is 107 Å². The van der Waals surface area contributed by atoms with Gasteiger partial charge in [0.15, 0.2) is 0 Å². The zero-order valence-corrected chi connectivity index (χ0v) is 10.9. The van der Waals surface area contributed by atoms with Gasteiger partial charge in [-0.1, -0.05) is 31.9 Å². The Kier molecular flexibility index (Phi) is 9.43. The van der Waals surface area contributed by atoms with E-state index in [0.29, 0.717) is 5.12 Å². The lowest BCUT2D eigenvalue weighted by Crippen LogP contribution is -2.52. The minimum atomic E-state index is -1.03. The van der Waals surface area contributed by atoms with Crippen LogP contribution in [0.5, 0.6) is 0 Å². The molecule has 0 bridgehead atoms. The van der Waals surface area contributed by atoms with E-state index in [2.05, 4.69) is 11.7 Å². The molecule has 0 saturated carbocycles. The molecule has 0 rings (SSSR count). The molecule has 0 aromatic carbocycles. The number of rotatable bonds is 9. The molecule has 0 amide bonds. The fraction of sp³-hybridized carbons (Fsp3) is 0.727. The van der Waals surface area contributed by atoms with Crippen molar-refractivity contribution in [2.75, 3.05) is 7.11 Å². The maximum atomic E-state index is 11.4. The first kappa shape index (κ1) is 17.0. The average Bonchev–Trinajstić information content (AvgIpc) is 2.36. The van der Waals surface area contributed by atoms with Crippen molar-refractivity contribution in [2.24, 2.45) is 5.84 Å². The molecule has 7 heteroatoms. The molecular formula is C11H22N3O4-. The Morgan fingerprint density at radius 3 is 2.67 bits per heavy atom. The summed E-state index contributed by atoms with van der Waals surface area (Å²) in [5.41, 5.74) is 0. The van der Waals surface area contributed by atoms with Gasteiger partial charge in [-0.05, 0) is 19.3 Å². The van der Waals surface area contributed by atoms with Crippen molar-refractivity contribution in [3.63, 3.8) is 0 Å². The molecule has 3 N–H and O–H groups in total. The fourth-order valence-corrected chi connectivity index (χ4v) is 1.42. The summed E-state index contributed by atoms with van der Waals surface area (Å²) in [5, 5.41) is 19.1. The number of methoxy groups -OCH3 is 1. The number of esters is 1. The molecule has 106 valence electrons. The lowest BCUT2D eigenvalue weighted by Gasteiger charge is -2.34. The Morgan fingerprint density at radius 1 is 1.50 bits per heavy atom. The van der Waals surface area contributed by atoms with E-state index in [-0.39, 0.29) is 6.42 Å². The summed E-state index contributed by atoms with van der Waals surface area (Å²) in [4.78, 5) is 11.4. The number of hydrogen-bond donors (Lipinski definition) is 2. The molecule has 1 atom stereocenters. The highest BCUT2D eigenvalue weighted by Crippen LogP contribution is 2.07. The maximum Gasteiger partial charge on any atom is 0.326 e. The van der Waals surface area contributed by atoms with Gasteiger partial charge in [0.05, 0.1) is 7.11 Å². The van der Waals surface area contributed by atoms with Crippen molar-refractivity contribution in [2.45, 2.75) is 45.1 Å². The van der Waals surface area contributed by atoms with Gasteiger partial charge in [0.2, 0.25) is 0 Å². The van der Waals surface area contributed by atoms with Gasteiger partial charge in [-0.25, -0.2) is 0 Å². The van der Waals surface area contributed by atoms with Crippen molar-refractivity contribution in [1.82, 2.24) is 10.5 Å². The average molecular weight is 260 g/mol. The summed E-state index contributed by atoms with van der Waals surface area (Å²) < 4.78 is 4.51. The van der Waals surface area contributed by atoms with Crippen LogP contribution in [-0.2, 0) is 9.53 Å². The summed E-state index contributed by atoms with van der Waals surface area (Å²) in [5.74, 6) is 4.59. The number of hydrogen-bond acceptors (Lipinski definition) is 7. The van der Waals surface area contributed by atoms with E-state index in [0.717, 1.165) is 25.7 Å². The summed E-state index contributed by atoms with van der Waals surface area (Å²) in [7, 11) is 1.20. The number of ether oxygens (including phenoxy) is 1. The normalized spacial score (nSPS) is 13.5. The number of allylic oxidation sites excluding steroid dienone is 1. The molecule has 0 heterocycles.